The van der Waals surface area contributed by atoms with E-state index in [0.29, 0.717) is 6.04 Å². The summed E-state index contributed by atoms with van der Waals surface area (Å²) >= 11 is 0. The summed E-state index contributed by atoms with van der Waals surface area (Å²) in [6.07, 6.45) is 4.19. The van der Waals surface area contributed by atoms with Gasteiger partial charge < -0.3 is 10.1 Å². The summed E-state index contributed by atoms with van der Waals surface area (Å²) in [4.78, 5) is 6.87. The highest BCUT2D eigenvalue weighted by molar-refractivity contribution is 4.89. The van der Waals surface area contributed by atoms with Gasteiger partial charge in [0.2, 0.25) is 0 Å². The predicted octanol–water partition coefficient (Wildman–Crippen LogP) is 0.498. The fourth-order valence-corrected chi connectivity index (χ4v) is 2.63. The Bertz CT molecular complexity index is 368. The highest BCUT2D eigenvalue weighted by atomic mass is 16.5. The Morgan fingerprint density at radius 2 is 2.42 bits per heavy atom. The van der Waals surface area contributed by atoms with E-state index in [9.17, 15) is 0 Å². The molecule has 1 aromatic rings. The zero-order valence-corrected chi connectivity index (χ0v) is 12.0. The first-order valence-electron chi connectivity index (χ1n) is 7.15. The number of hydrogen-bond donors (Lipinski definition) is 1. The van der Waals surface area contributed by atoms with Gasteiger partial charge in [-0.2, -0.15) is 5.10 Å². The number of rotatable bonds is 8. The zero-order chi connectivity index (χ0) is 13.5. The third kappa shape index (κ3) is 3.99. The van der Waals surface area contributed by atoms with Crippen LogP contribution in [0.15, 0.2) is 6.33 Å². The second-order valence-electron chi connectivity index (χ2n) is 4.96. The average Bonchev–Trinajstić information content (AvgIpc) is 3.04. The summed E-state index contributed by atoms with van der Waals surface area (Å²) in [7, 11) is 1.74. The lowest BCUT2D eigenvalue weighted by atomic mass is 10.2. The van der Waals surface area contributed by atoms with Gasteiger partial charge in [0.25, 0.3) is 0 Å². The fraction of sp³-hybridized carbons (Fsp3) is 0.846. The van der Waals surface area contributed by atoms with Crippen molar-refractivity contribution in [2.24, 2.45) is 0 Å². The van der Waals surface area contributed by atoms with Crippen molar-refractivity contribution in [3.05, 3.63) is 12.2 Å². The summed E-state index contributed by atoms with van der Waals surface area (Å²) in [5.74, 6) is 1.08. The van der Waals surface area contributed by atoms with Crippen LogP contribution in [0.1, 0.15) is 25.6 Å². The lowest BCUT2D eigenvalue weighted by Crippen LogP contribution is -2.39. The molecule has 1 aromatic heterocycles. The Hall–Kier alpha value is -0.980. The van der Waals surface area contributed by atoms with Gasteiger partial charge >= 0.3 is 0 Å². The Morgan fingerprint density at radius 3 is 3.21 bits per heavy atom. The molecule has 0 radical (unpaired) electrons. The molecule has 2 heterocycles. The van der Waals surface area contributed by atoms with E-state index in [-0.39, 0.29) is 0 Å². The maximum absolute atomic E-state index is 5.05. The van der Waals surface area contributed by atoms with Crippen molar-refractivity contribution in [1.82, 2.24) is 25.0 Å². The molecule has 0 amide bonds. The van der Waals surface area contributed by atoms with Crippen molar-refractivity contribution >= 4 is 0 Å². The molecule has 1 saturated heterocycles. The van der Waals surface area contributed by atoms with Crippen LogP contribution in [0.25, 0.3) is 0 Å². The van der Waals surface area contributed by atoms with Gasteiger partial charge in [-0.1, -0.05) is 0 Å². The molecule has 0 aliphatic carbocycles. The molecule has 1 fully saturated rings. The minimum absolute atomic E-state index is 0.610. The van der Waals surface area contributed by atoms with Crippen molar-refractivity contribution < 1.29 is 4.74 Å². The third-order valence-electron chi connectivity index (χ3n) is 3.70. The second-order valence-corrected chi connectivity index (χ2v) is 4.96. The third-order valence-corrected chi connectivity index (χ3v) is 3.70. The van der Waals surface area contributed by atoms with Gasteiger partial charge in [-0.15, -0.1) is 0 Å². The first-order valence-corrected chi connectivity index (χ1v) is 7.15. The Labute approximate surface area is 115 Å². The van der Waals surface area contributed by atoms with E-state index < -0.39 is 0 Å². The van der Waals surface area contributed by atoms with Gasteiger partial charge in [-0.3, -0.25) is 4.90 Å². The lowest BCUT2D eigenvalue weighted by molar-refractivity contribution is 0.189. The van der Waals surface area contributed by atoms with Crippen LogP contribution in [0.4, 0.5) is 0 Å². The van der Waals surface area contributed by atoms with Gasteiger partial charge in [0.05, 0.1) is 13.2 Å². The normalized spacial score (nSPS) is 20.2. The van der Waals surface area contributed by atoms with Crippen LogP contribution in [0.2, 0.25) is 0 Å². The molecule has 0 saturated carbocycles. The molecule has 0 bridgehead atoms. The summed E-state index contributed by atoms with van der Waals surface area (Å²) < 4.78 is 7.03. The van der Waals surface area contributed by atoms with E-state index in [1.54, 1.807) is 13.4 Å². The summed E-state index contributed by atoms with van der Waals surface area (Å²) in [5, 5.41) is 7.69. The molecule has 6 heteroatoms. The molecule has 1 aliphatic heterocycles. The predicted molar refractivity (Wildman–Crippen MR) is 73.9 cm³/mol. The minimum Gasteiger partial charge on any atom is -0.383 e. The lowest BCUT2D eigenvalue weighted by Gasteiger charge is -2.24. The number of aromatic nitrogens is 3. The SMILES string of the molecule is CCn1ncnc1CN1CCCC1CNCCOC. The molecule has 6 nitrogen and oxygen atoms in total. The molecule has 1 unspecified atom stereocenters. The van der Waals surface area contributed by atoms with Crippen LogP contribution in [0.5, 0.6) is 0 Å². The van der Waals surface area contributed by atoms with Crippen molar-refractivity contribution in [3.63, 3.8) is 0 Å². The Kier molecular flexibility index (Phi) is 5.75. The van der Waals surface area contributed by atoms with Crippen molar-refractivity contribution in [3.8, 4) is 0 Å². The monoisotopic (exact) mass is 267 g/mol. The average molecular weight is 267 g/mol. The molecule has 19 heavy (non-hydrogen) atoms. The molecule has 1 aliphatic rings. The Balaban J connectivity index is 1.81. The minimum atomic E-state index is 0.610. The van der Waals surface area contributed by atoms with Crippen molar-refractivity contribution in [2.45, 2.75) is 38.9 Å². The topological polar surface area (TPSA) is 55.2 Å². The molecule has 0 aromatic carbocycles. The second kappa shape index (κ2) is 7.57. The highest BCUT2D eigenvalue weighted by Gasteiger charge is 2.25. The molecule has 108 valence electrons. The summed E-state index contributed by atoms with van der Waals surface area (Å²) in [5.41, 5.74) is 0. The fourth-order valence-electron chi connectivity index (χ4n) is 2.63. The number of hydrogen-bond acceptors (Lipinski definition) is 5. The molecule has 2 rings (SSSR count). The van der Waals surface area contributed by atoms with E-state index in [2.05, 4.69) is 27.2 Å². The molecule has 1 N–H and O–H groups in total. The van der Waals surface area contributed by atoms with Crippen LogP contribution in [-0.2, 0) is 17.8 Å². The maximum Gasteiger partial charge on any atom is 0.141 e. The molecule has 0 spiro atoms. The number of ether oxygens (including phenoxy) is 1. The Morgan fingerprint density at radius 1 is 1.53 bits per heavy atom. The largest absolute Gasteiger partial charge is 0.383 e. The van der Waals surface area contributed by atoms with Gasteiger partial charge in [0.1, 0.15) is 12.2 Å². The van der Waals surface area contributed by atoms with Crippen LogP contribution in [0, 0.1) is 0 Å². The number of nitrogens with zero attached hydrogens (tertiary/aromatic N) is 4. The number of aryl methyl sites for hydroxylation is 1. The summed E-state index contributed by atoms with van der Waals surface area (Å²) in [6.45, 7) is 7.79. The van der Waals surface area contributed by atoms with E-state index in [4.69, 9.17) is 4.74 Å². The quantitative estimate of drug-likeness (QED) is 0.695. The van der Waals surface area contributed by atoms with Crippen molar-refractivity contribution in [1.29, 1.82) is 0 Å². The maximum atomic E-state index is 5.05. The number of methoxy groups -OCH3 is 1. The van der Waals surface area contributed by atoms with Gasteiger partial charge in [0.15, 0.2) is 0 Å². The van der Waals surface area contributed by atoms with Crippen LogP contribution in [0.3, 0.4) is 0 Å². The van der Waals surface area contributed by atoms with Crippen LogP contribution < -0.4 is 5.32 Å². The zero-order valence-electron chi connectivity index (χ0n) is 12.0. The first kappa shape index (κ1) is 14.4. The van der Waals surface area contributed by atoms with E-state index in [0.717, 1.165) is 45.2 Å². The molecular weight excluding hydrogens is 242 g/mol. The standard InChI is InChI=1S/C13H25N5O/c1-3-18-13(15-11-16-18)10-17-7-4-5-12(17)9-14-6-8-19-2/h11-12,14H,3-10H2,1-2H3. The van der Waals surface area contributed by atoms with Gasteiger partial charge in [-0.05, 0) is 26.3 Å². The van der Waals surface area contributed by atoms with E-state index in [1.165, 1.54) is 12.8 Å². The number of nitrogens with one attached hydrogen (secondary N) is 1. The smallest absolute Gasteiger partial charge is 0.141 e. The van der Waals surface area contributed by atoms with Crippen molar-refractivity contribution in [2.75, 3.05) is 33.4 Å². The van der Waals surface area contributed by atoms with Gasteiger partial charge in [-0.25, -0.2) is 9.67 Å². The van der Waals surface area contributed by atoms with Crippen LogP contribution in [-0.4, -0.2) is 59.1 Å². The number of likely N-dealkylation sites (tertiary alicyclic amines) is 1. The van der Waals surface area contributed by atoms with Crippen LogP contribution >= 0.6 is 0 Å². The highest BCUT2D eigenvalue weighted by Crippen LogP contribution is 2.18. The van der Waals surface area contributed by atoms with Gasteiger partial charge in [0, 0.05) is 32.8 Å². The van der Waals surface area contributed by atoms with E-state index in [1.807, 2.05) is 4.68 Å². The van der Waals surface area contributed by atoms with E-state index >= 15 is 0 Å². The summed E-state index contributed by atoms with van der Waals surface area (Å²) in [6, 6.07) is 0.610. The molecule has 1 atom stereocenters. The first-order chi connectivity index (χ1) is 9.35. The molecular formula is C13H25N5O.